The molecule has 0 spiro atoms. The monoisotopic (exact) mass is 675 g/mol. The van der Waals surface area contributed by atoms with E-state index in [1.807, 2.05) is 36.4 Å². The number of fused-ring (bicyclic) bond motifs is 9. The Hall–Kier alpha value is -7.17. The van der Waals surface area contributed by atoms with Crippen molar-refractivity contribution >= 4 is 65.0 Å². The van der Waals surface area contributed by atoms with E-state index in [0.29, 0.717) is 17.5 Å². The second kappa shape index (κ2) is 11.7. The molecule has 0 aliphatic heterocycles. The highest BCUT2D eigenvalue weighted by Gasteiger charge is 2.20. The van der Waals surface area contributed by atoms with Gasteiger partial charge in [0.15, 0.2) is 17.5 Å². The van der Waals surface area contributed by atoms with Gasteiger partial charge in [0, 0.05) is 27.5 Å². The molecule has 0 N–H and O–H groups in total. The number of hydrogen-bond acceptors (Lipinski definition) is 4. The van der Waals surface area contributed by atoms with Gasteiger partial charge in [0.1, 0.15) is 11.2 Å². The van der Waals surface area contributed by atoms with Crippen LogP contribution in [-0.4, -0.2) is 15.0 Å². The van der Waals surface area contributed by atoms with Crippen molar-refractivity contribution in [3.8, 4) is 45.3 Å². The van der Waals surface area contributed by atoms with E-state index >= 15 is 0 Å². The highest BCUT2D eigenvalue weighted by molar-refractivity contribution is 6.23. The van der Waals surface area contributed by atoms with Crippen molar-refractivity contribution in [3.05, 3.63) is 176 Å². The summed E-state index contributed by atoms with van der Waals surface area (Å²) in [5, 5.41) is 11.5. The summed E-state index contributed by atoms with van der Waals surface area (Å²) < 4.78 is 6.30. The van der Waals surface area contributed by atoms with Gasteiger partial charge in [-0.1, -0.05) is 146 Å². The van der Waals surface area contributed by atoms with E-state index in [2.05, 4.69) is 140 Å². The molecule has 0 radical (unpaired) electrons. The summed E-state index contributed by atoms with van der Waals surface area (Å²) in [5.41, 5.74) is 6.76. The zero-order valence-corrected chi connectivity index (χ0v) is 28.5. The van der Waals surface area contributed by atoms with Gasteiger partial charge >= 0.3 is 0 Å². The SMILES string of the molecule is c1ccc(-c2nc(-c3cc(-c4cccc5oc6ccccc6c45)cc4ccccc34)nc(-c3cc4ccc5ccccc5c4c4ccccc34)n2)cc1. The Morgan fingerprint density at radius 3 is 1.74 bits per heavy atom. The van der Waals surface area contributed by atoms with Crippen molar-refractivity contribution in [1.82, 2.24) is 15.0 Å². The number of furan rings is 1. The second-order valence-electron chi connectivity index (χ2n) is 13.5. The minimum absolute atomic E-state index is 0.624. The lowest BCUT2D eigenvalue weighted by molar-refractivity contribution is 0.669. The third kappa shape index (κ3) is 4.73. The van der Waals surface area contributed by atoms with Gasteiger partial charge in [0.05, 0.1) is 0 Å². The van der Waals surface area contributed by atoms with Crippen LogP contribution in [-0.2, 0) is 0 Å². The normalized spacial score (nSPS) is 11.8. The van der Waals surface area contributed by atoms with Crippen molar-refractivity contribution in [1.29, 1.82) is 0 Å². The smallest absolute Gasteiger partial charge is 0.164 e. The fraction of sp³-hybridized carbons (Fsp3) is 0. The number of hydrogen-bond donors (Lipinski definition) is 0. The van der Waals surface area contributed by atoms with E-state index in [1.165, 1.54) is 21.5 Å². The molecule has 0 aliphatic carbocycles. The molecule has 0 saturated heterocycles. The molecule has 0 amide bonds. The zero-order valence-electron chi connectivity index (χ0n) is 28.5. The molecule has 4 heteroatoms. The van der Waals surface area contributed by atoms with Gasteiger partial charge in [-0.05, 0) is 84.5 Å². The molecule has 11 rings (SSSR count). The molecule has 0 atom stereocenters. The predicted octanol–water partition coefficient (Wildman–Crippen LogP) is 13.1. The Morgan fingerprint density at radius 1 is 0.302 bits per heavy atom. The Kier molecular flexibility index (Phi) is 6.52. The van der Waals surface area contributed by atoms with E-state index in [4.69, 9.17) is 19.4 Å². The van der Waals surface area contributed by atoms with Crippen molar-refractivity contribution in [2.75, 3.05) is 0 Å². The molecule has 2 aromatic heterocycles. The third-order valence-electron chi connectivity index (χ3n) is 10.5. The first kappa shape index (κ1) is 29.5. The number of benzene rings is 9. The molecule has 4 nitrogen and oxygen atoms in total. The maximum absolute atomic E-state index is 6.30. The average molecular weight is 676 g/mol. The van der Waals surface area contributed by atoms with Gasteiger partial charge in [-0.15, -0.1) is 0 Å². The quantitative estimate of drug-likeness (QED) is 0.174. The van der Waals surface area contributed by atoms with Crippen LogP contribution in [0.25, 0.3) is 110 Å². The molecule has 11 aromatic rings. The van der Waals surface area contributed by atoms with Gasteiger partial charge in [-0.3, -0.25) is 0 Å². The molecule has 53 heavy (non-hydrogen) atoms. The van der Waals surface area contributed by atoms with Crippen molar-refractivity contribution in [3.63, 3.8) is 0 Å². The van der Waals surface area contributed by atoms with Gasteiger partial charge in [-0.2, -0.15) is 0 Å². The van der Waals surface area contributed by atoms with Crippen molar-refractivity contribution in [2.24, 2.45) is 0 Å². The van der Waals surface area contributed by atoms with Crippen LogP contribution in [0.1, 0.15) is 0 Å². The van der Waals surface area contributed by atoms with E-state index in [1.54, 1.807) is 0 Å². The topological polar surface area (TPSA) is 51.8 Å². The van der Waals surface area contributed by atoms with Crippen LogP contribution in [0.5, 0.6) is 0 Å². The first-order valence-electron chi connectivity index (χ1n) is 17.9. The fourth-order valence-electron chi connectivity index (χ4n) is 8.06. The summed E-state index contributed by atoms with van der Waals surface area (Å²) in [4.78, 5) is 15.8. The first-order valence-corrected chi connectivity index (χ1v) is 17.9. The fourth-order valence-corrected chi connectivity index (χ4v) is 8.06. The van der Waals surface area contributed by atoms with Gasteiger partial charge in [0.25, 0.3) is 0 Å². The Morgan fingerprint density at radius 2 is 0.906 bits per heavy atom. The van der Waals surface area contributed by atoms with Gasteiger partial charge < -0.3 is 4.42 Å². The average Bonchev–Trinajstić information content (AvgIpc) is 3.62. The van der Waals surface area contributed by atoms with Crippen LogP contribution in [0.4, 0.5) is 0 Å². The summed E-state index contributed by atoms with van der Waals surface area (Å²) in [7, 11) is 0. The minimum Gasteiger partial charge on any atom is -0.456 e. The van der Waals surface area contributed by atoms with Gasteiger partial charge in [0.2, 0.25) is 0 Å². The Balaban J connectivity index is 1.21. The molecule has 0 fully saturated rings. The zero-order chi connectivity index (χ0) is 34.9. The second-order valence-corrected chi connectivity index (χ2v) is 13.5. The lowest BCUT2D eigenvalue weighted by atomic mass is 9.93. The molecule has 0 aliphatic rings. The highest BCUT2D eigenvalue weighted by atomic mass is 16.3. The molecule has 2 heterocycles. The number of para-hydroxylation sites is 1. The van der Waals surface area contributed by atoms with Crippen LogP contribution < -0.4 is 0 Å². The van der Waals surface area contributed by atoms with Gasteiger partial charge in [-0.25, -0.2) is 15.0 Å². The summed E-state index contributed by atoms with van der Waals surface area (Å²) in [5.74, 6) is 1.89. The maximum Gasteiger partial charge on any atom is 0.164 e. The van der Waals surface area contributed by atoms with Crippen LogP contribution in [0.2, 0.25) is 0 Å². The maximum atomic E-state index is 6.30. The minimum atomic E-state index is 0.624. The lowest BCUT2D eigenvalue weighted by Crippen LogP contribution is -2.01. The number of aromatic nitrogens is 3. The molecule has 9 aromatic carbocycles. The highest BCUT2D eigenvalue weighted by Crippen LogP contribution is 2.42. The van der Waals surface area contributed by atoms with E-state index in [0.717, 1.165) is 71.3 Å². The summed E-state index contributed by atoms with van der Waals surface area (Å²) >= 11 is 0. The Bertz CT molecular complexity index is 3240. The van der Waals surface area contributed by atoms with Crippen LogP contribution in [0.3, 0.4) is 0 Å². The molecule has 246 valence electrons. The molecular weight excluding hydrogens is 647 g/mol. The van der Waals surface area contributed by atoms with Crippen molar-refractivity contribution < 1.29 is 4.42 Å². The summed E-state index contributed by atoms with van der Waals surface area (Å²) in [6.07, 6.45) is 0. The first-order chi connectivity index (χ1) is 26.3. The molecule has 0 unspecified atom stereocenters. The number of rotatable bonds is 4. The summed E-state index contributed by atoms with van der Waals surface area (Å²) in [6.45, 7) is 0. The standard InChI is InChI=1S/C49H29N3O/c1-2-14-31(15-3-1)47-50-48(52-49(51-47)42-28-33-26-25-30-13-4-7-18-36(30)45(33)39-20-9-8-19-38(39)42)41-29-34(27-32-16-5-6-17-35(32)41)37-22-12-24-44-46(37)40-21-10-11-23-43(40)53-44/h1-29H. The predicted molar refractivity (Wildman–Crippen MR) is 219 cm³/mol. The lowest BCUT2D eigenvalue weighted by Gasteiger charge is -2.15. The van der Waals surface area contributed by atoms with Crippen LogP contribution >= 0.6 is 0 Å². The third-order valence-corrected chi connectivity index (χ3v) is 10.5. The largest absolute Gasteiger partial charge is 0.456 e. The Labute approximate surface area is 304 Å². The molecule has 0 saturated carbocycles. The van der Waals surface area contributed by atoms with E-state index in [-0.39, 0.29) is 0 Å². The van der Waals surface area contributed by atoms with E-state index in [9.17, 15) is 0 Å². The molecule has 0 bridgehead atoms. The van der Waals surface area contributed by atoms with E-state index < -0.39 is 0 Å². The summed E-state index contributed by atoms with van der Waals surface area (Å²) in [6, 6.07) is 61.6. The van der Waals surface area contributed by atoms with Crippen LogP contribution in [0, 0.1) is 0 Å². The van der Waals surface area contributed by atoms with Crippen molar-refractivity contribution in [2.45, 2.75) is 0 Å². The number of nitrogens with zero attached hydrogens (tertiary/aromatic N) is 3. The van der Waals surface area contributed by atoms with Crippen LogP contribution in [0.15, 0.2) is 180 Å². The molecular formula is C49H29N3O.